The van der Waals surface area contributed by atoms with Crippen molar-refractivity contribution >= 4 is 23.6 Å². The van der Waals surface area contributed by atoms with Crippen molar-refractivity contribution in [3.05, 3.63) is 54.4 Å². The summed E-state index contributed by atoms with van der Waals surface area (Å²) >= 11 is 1.17. The Hall–Kier alpha value is -2.21. The Labute approximate surface area is 133 Å². The smallest absolute Gasteiger partial charge is 0.316 e. The van der Waals surface area contributed by atoms with E-state index in [9.17, 15) is 9.59 Å². The van der Waals surface area contributed by atoms with Crippen LogP contribution in [0.4, 0.5) is 0 Å². The maximum absolute atomic E-state index is 12.3. The first-order chi connectivity index (χ1) is 10.6. The molecule has 0 radical (unpaired) electrons. The van der Waals surface area contributed by atoms with Crippen LogP contribution in [0.15, 0.2) is 53.7 Å². The van der Waals surface area contributed by atoms with Gasteiger partial charge in [0.2, 0.25) is 0 Å². The summed E-state index contributed by atoms with van der Waals surface area (Å²) in [4.78, 5) is 23.9. The molecule has 1 aromatic heterocycles. The topological polar surface area (TPSA) is 71.3 Å². The molecule has 116 valence electrons. The number of carboxylic acid groups (broad SMARTS) is 1. The summed E-state index contributed by atoms with van der Waals surface area (Å²) in [5, 5.41) is 11.3. The van der Waals surface area contributed by atoms with E-state index in [0.717, 1.165) is 0 Å². The van der Waals surface area contributed by atoms with Crippen LogP contribution in [-0.4, -0.2) is 33.3 Å². The molecule has 22 heavy (non-hydrogen) atoms. The van der Waals surface area contributed by atoms with Gasteiger partial charge in [0.25, 0.3) is 5.91 Å². The summed E-state index contributed by atoms with van der Waals surface area (Å²) < 4.78 is 1.98. The number of hydrogen-bond acceptors (Lipinski definition) is 3. The Morgan fingerprint density at radius 2 is 1.91 bits per heavy atom. The third kappa shape index (κ3) is 4.39. The maximum atomic E-state index is 12.3. The van der Waals surface area contributed by atoms with Gasteiger partial charge in [-0.05, 0) is 31.2 Å². The average Bonchev–Trinajstić information content (AvgIpc) is 3.00. The molecule has 0 aliphatic heterocycles. The van der Waals surface area contributed by atoms with E-state index < -0.39 is 11.2 Å². The lowest BCUT2D eigenvalue weighted by molar-refractivity contribution is -0.136. The molecule has 0 aliphatic carbocycles. The number of benzene rings is 1. The molecule has 0 saturated carbocycles. The van der Waals surface area contributed by atoms with E-state index in [-0.39, 0.29) is 5.91 Å². The largest absolute Gasteiger partial charge is 0.480 e. The molecule has 0 fully saturated rings. The summed E-state index contributed by atoms with van der Waals surface area (Å²) in [5.74, 6) is -1.08. The zero-order valence-electron chi connectivity index (χ0n) is 12.2. The summed E-state index contributed by atoms with van der Waals surface area (Å²) in [5.41, 5.74) is 0.508. The fourth-order valence-electron chi connectivity index (χ4n) is 1.91. The molecular formula is C16H18N2O3S. The first-order valence-electron chi connectivity index (χ1n) is 6.95. The van der Waals surface area contributed by atoms with Crippen LogP contribution >= 0.6 is 11.8 Å². The second-order valence-corrected chi connectivity index (χ2v) is 6.15. The van der Waals surface area contributed by atoms with Gasteiger partial charge >= 0.3 is 5.97 Å². The lowest BCUT2D eigenvalue weighted by atomic mass is 10.2. The van der Waals surface area contributed by atoms with Crippen molar-refractivity contribution in [1.82, 2.24) is 9.88 Å². The number of rotatable bonds is 7. The van der Waals surface area contributed by atoms with E-state index in [4.69, 9.17) is 5.11 Å². The highest BCUT2D eigenvalue weighted by Gasteiger charge is 2.17. The molecule has 2 aromatic rings. The van der Waals surface area contributed by atoms with Gasteiger partial charge in [-0.15, -0.1) is 11.8 Å². The van der Waals surface area contributed by atoms with Crippen LogP contribution in [0.5, 0.6) is 0 Å². The quantitative estimate of drug-likeness (QED) is 0.769. The Morgan fingerprint density at radius 3 is 2.59 bits per heavy atom. The van der Waals surface area contributed by atoms with Gasteiger partial charge in [-0.1, -0.05) is 12.1 Å². The highest BCUT2D eigenvalue weighted by atomic mass is 32.2. The standard InChI is InChI=1S/C16H18N2O3S/c1-12(16(20)21)22-14-7-3-2-6-13(14)15(19)17-8-11-18-9-4-5-10-18/h2-7,9-10,12H,8,11H2,1H3,(H,17,19)(H,20,21). The number of hydrogen-bond donors (Lipinski definition) is 2. The monoisotopic (exact) mass is 318 g/mol. The molecule has 1 unspecified atom stereocenters. The molecule has 2 N–H and O–H groups in total. The second kappa shape index (κ2) is 7.70. The number of aromatic nitrogens is 1. The average molecular weight is 318 g/mol. The van der Waals surface area contributed by atoms with Crippen molar-refractivity contribution < 1.29 is 14.7 Å². The summed E-state index contributed by atoms with van der Waals surface area (Å²) in [6.45, 7) is 2.81. The van der Waals surface area contributed by atoms with Gasteiger partial charge in [0.05, 0.1) is 5.56 Å². The van der Waals surface area contributed by atoms with Gasteiger partial charge in [0.1, 0.15) is 5.25 Å². The fourth-order valence-corrected chi connectivity index (χ4v) is 2.84. The lowest BCUT2D eigenvalue weighted by Gasteiger charge is -2.12. The molecule has 5 nitrogen and oxygen atoms in total. The van der Waals surface area contributed by atoms with Crippen LogP contribution in [-0.2, 0) is 11.3 Å². The number of aliphatic carboxylic acids is 1. The Bertz CT molecular complexity index is 641. The Kier molecular flexibility index (Phi) is 5.66. The van der Waals surface area contributed by atoms with E-state index in [1.54, 1.807) is 31.2 Å². The Morgan fingerprint density at radius 1 is 1.23 bits per heavy atom. The summed E-state index contributed by atoms with van der Waals surface area (Å²) in [6.07, 6.45) is 3.87. The van der Waals surface area contributed by atoms with Crippen LogP contribution in [0.25, 0.3) is 0 Å². The second-order valence-electron chi connectivity index (χ2n) is 4.77. The first kappa shape index (κ1) is 16.2. The van der Waals surface area contributed by atoms with Crippen LogP contribution in [0.1, 0.15) is 17.3 Å². The van der Waals surface area contributed by atoms with E-state index in [0.29, 0.717) is 23.5 Å². The molecule has 0 saturated heterocycles. The van der Waals surface area contributed by atoms with Gasteiger partial charge in [-0.25, -0.2) is 0 Å². The van der Waals surface area contributed by atoms with E-state index >= 15 is 0 Å². The number of carbonyl (C=O) groups is 2. The normalized spacial score (nSPS) is 11.9. The molecule has 0 spiro atoms. The van der Waals surface area contributed by atoms with Gasteiger partial charge in [0.15, 0.2) is 0 Å². The number of amides is 1. The third-order valence-corrected chi connectivity index (χ3v) is 4.27. The molecule has 0 aliphatic rings. The van der Waals surface area contributed by atoms with Crippen LogP contribution < -0.4 is 5.32 Å². The number of carbonyl (C=O) groups excluding carboxylic acids is 1. The van der Waals surface area contributed by atoms with Crippen molar-refractivity contribution in [3.63, 3.8) is 0 Å². The first-order valence-corrected chi connectivity index (χ1v) is 7.83. The van der Waals surface area contributed by atoms with Crippen molar-refractivity contribution in [2.45, 2.75) is 23.6 Å². The van der Waals surface area contributed by atoms with E-state index in [1.165, 1.54) is 11.8 Å². The van der Waals surface area contributed by atoms with Gasteiger partial charge in [-0.3, -0.25) is 9.59 Å². The summed E-state index contributed by atoms with van der Waals surface area (Å²) in [7, 11) is 0. The SMILES string of the molecule is CC(Sc1ccccc1C(=O)NCCn1cccc1)C(=O)O. The number of carboxylic acids is 1. The molecule has 1 heterocycles. The van der Waals surface area contributed by atoms with Crippen molar-refractivity contribution in [3.8, 4) is 0 Å². The zero-order chi connectivity index (χ0) is 15.9. The predicted molar refractivity (Wildman–Crippen MR) is 86.2 cm³/mol. The minimum absolute atomic E-state index is 0.187. The highest BCUT2D eigenvalue weighted by Crippen LogP contribution is 2.26. The third-order valence-electron chi connectivity index (χ3n) is 3.10. The van der Waals surface area contributed by atoms with E-state index in [2.05, 4.69) is 5.32 Å². The van der Waals surface area contributed by atoms with Crippen LogP contribution in [0.3, 0.4) is 0 Å². The molecule has 2 rings (SSSR count). The molecular weight excluding hydrogens is 300 g/mol. The fraction of sp³-hybridized carbons (Fsp3) is 0.250. The van der Waals surface area contributed by atoms with Crippen molar-refractivity contribution in [2.24, 2.45) is 0 Å². The van der Waals surface area contributed by atoms with E-state index in [1.807, 2.05) is 29.1 Å². The number of nitrogens with one attached hydrogen (secondary N) is 1. The predicted octanol–water partition coefficient (Wildman–Crippen LogP) is 2.48. The molecule has 0 bridgehead atoms. The van der Waals surface area contributed by atoms with Crippen LogP contribution in [0.2, 0.25) is 0 Å². The van der Waals surface area contributed by atoms with Gasteiger partial charge in [-0.2, -0.15) is 0 Å². The molecule has 1 amide bonds. The maximum Gasteiger partial charge on any atom is 0.316 e. The molecule has 1 atom stereocenters. The number of nitrogens with zero attached hydrogens (tertiary/aromatic N) is 1. The van der Waals surface area contributed by atoms with Crippen molar-refractivity contribution in [2.75, 3.05) is 6.54 Å². The van der Waals surface area contributed by atoms with Gasteiger partial charge in [0, 0.05) is 30.4 Å². The minimum atomic E-state index is -0.896. The minimum Gasteiger partial charge on any atom is -0.480 e. The lowest BCUT2D eigenvalue weighted by Crippen LogP contribution is -2.27. The van der Waals surface area contributed by atoms with Crippen LogP contribution in [0, 0.1) is 0 Å². The summed E-state index contributed by atoms with van der Waals surface area (Å²) in [6, 6.07) is 10.9. The highest BCUT2D eigenvalue weighted by molar-refractivity contribution is 8.00. The zero-order valence-corrected chi connectivity index (χ0v) is 13.0. The Balaban J connectivity index is 1.98. The molecule has 1 aromatic carbocycles. The molecule has 6 heteroatoms. The van der Waals surface area contributed by atoms with Gasteiger partial charge < -0.3 is 15.0 Å². The van der Waals surface area contributed by atoms with Crippen molar-refractivity contribution in [1.29, 1.82) is 0 Å². The number of thioether (sulfide) groups is 1.